The molecular weight excluding hydrogens is 396 g/mol. The molecule has 0 N–H and O–H groups in total. The normalized spacial score (nSPS) is 10.6. The van der Waals surface area contributed by atoms with Crippen LogP contribution in [0.2, 0.25) is 0 Å². The van der Waals surface area contributed by atoms with E-state index in [1.807, 2.05) is 45.0 Å². The van der Waals surface area contributed by atoms with E-state index in [4.69, 9.17) is 4.74 Å². The second-order valence-electron chi connectivity index (χ2n) is 5.00. The van der Waals surface area contributed by atoms with Crippen molar-refractivity contribution in [2.45, 2.75) is 20.8 Å². The van der Waals surface area contributed by atoms with Crippen LogP contribution in [0.4, 0.5) is 0 Å². The number of carbonyl (C=O) groups is 1. The number of hydrogen-bond acceptors (Lipinski definition) is 2. The predicted octanol–water partition coefficient (Wildman–Crippen LogP) is 5.38. The minimum atomic E-state index is -0.0208. The van der Waals surface area contributed by atoms with Crippen molar-refractivity contribution in [3.05, 3.63) is 61.0 Å². The van der Waals surface area contributed by atoms with Crippen LogP contribution < -0.4 is 4.74 Å². The molecule has 0 aliphatic heterocycles. The van der Waals surface area contributed by atoms with Gasteiger partial charge in [-0.1, -0.05) is 37.9 Å². The molecule has 0 aliphatic rings. The third kappa shape index (κ3) is 3.06. The number of benzene rings is 2. The molecule has 0 saturated carbocycles. The van der Waals surface area contributed by atoms with Crippen molar-refractivity contribution < 1.29 is 9.53 Å². The maximum Gasteiger partial charge on any atom is 0.197 e. The molecular formula is C17H16Br2O2. The van der Waals surface area contributed by atoms with E-state index in [1.54, 1.807) is 7.11 Å². The predicted molar refractivity (Wildman–Crippen MR) is 92.5 cm³/mol. The van der Waals surface area contributed by atoms with Gasteiger partial charge < -0.3 is 4.74 Å². The van der Waals surface area contributed by atoms with E-state index in [1.165, 1.54) is 0 Å². The van der Waals surface area contributed by atoms with E-state index in [0.29, 0.717) is 16.9 Å². The Labute approximate surface area is 141 Å². The molecule has 110 valence electrons. The van der Waals surface area contributed by atoms with Gasteiger partial charge in [0.05, 0.1) is 12.7 Å². The van der Waals surface area contributed by atoms with Gasteiger partial charge in [0.2, 0.25) is 0 Å². The van der Waals surface area contributed by atoms with Crippen molar-refractivity contribution >= 4 is 37.6 Å². The highest BCUT2D eigenvalue weighted by Crippen LogP contribution is 2.34. The number of rotatable bonds is 3. The molecule has 0 saturated heterocycles. The Balaban J connectivity index is 2.71. The molecule has 0 amide bonds. The summed E-state index contributed by atoms with van der Waals surface area (Å²) < 4.78 is 7.27. The summed E-state index contributed by atoms with van der Waals surface area (Å²) in [5, 5.41) is 0. The zero-order valence-corrected chi connectivity index (χ0v) is 15.6. The smallest absolute Gasteiger partial charge is 0.197 e. The van der Waals surface area contributed by atoms with Gasteiger partial charge in [-0.05, 0) is 55.7 Å². The van der Waals surface area contributed by atoms with Gasteiger partial charge in [0.15, 0.2) is 5.78 Å². The average molecular weight is 412 g/mol. The van der Waals surface area contributed by atoms with Crippen LogP contribution in [0.1, 0.15) is 32.6 Å². The fourth-order valence-corrected chi connectivity index (χ4v) is 3.26. The number of ketones is 1. The Morgan fingerprint density at radius 1 is 1.05 bits per heavy atom. The highest BCUT2D eigenvalue weighted by Gasteiger charge is 2.22. The first-order valence-electron chi connectivity index (χ1n) is 6.51. The first-order valence-corrected chi connectivity index (χ1v) is 8.10. The van der Waals surface area contributed by atoms with E-state index < -0.39 is 0 Å². The molecule has 2 rings (SSSR count). The Bertz CT molecular complexity index is 721. The van der Waals surface area contributed by atoms with Crippen molar-refractivity contribution in [3.63, 3.8) is 0 Å². The van der Waals surface area contributed by atoms with Gasteiger partial charge in [0, 0.05) is 14.5 Å². The first-order chi connectivity index (χ1) is 9.86. The van der Waals surface area contributed by atoms with E-state index in [9.17, 15) is 4.79 Å². The molecule has 2 nitrogen and oxygen atoms in total. The lowest BCUT2D eigenvalue weighted by Gasteiger charge is -2.16. The van der Waals surface area contributed by atoms with Gasteiger partial charge >= 0.3 is 0 Å². The minimum absolute atomic E-state index is 0.0208. The van der Waals surface area contributed by atoms with Gasteiger partial charge in [-0.15, -0.1) is 0 Å². The van der Waals surface area contributed by atoms with E-state index in [-0.39, 0.29) is 5.78 Å². The van der Waals surface area contributed by atoms with Crippen LogP contribution in [0.3, 0.4) is 0 Å². The van der Waals surface area contributed by atoms with E-state index >= 15 is 0 Å². The molecule has 0 radical (unpaired) electrons. The van der Waals surface area contributed by atoms with Gasteiger partial charge in [0.1, 0.15) is 5.75 Å². The Hall–Kier alpha value is -1.13. The molecule has 0 spiro atoms. The Kier molecular flexibility index (Phi) is 4.89. The second-order valence-corrected chi connectivity index (χ2v) is 6.77. The lowest BCUT2D eigenvalue weighted by atomic mass is 9.93. The van der Waals surface area contributed by atoms with Crippen LogP contribution in [-0.4, -0.2) is 12.9 Å². The maximum atomic E-state index is 13.0. The van der Waals surface area contributed by atoms with Crippen LogP contribution in [0.25, 0.3) is 0 Å². The first kappa shape index (κ1) is 16.2. The van der Waals surface area contributed by atoms with E-state index in [2.05, 4.69) is 31.9 Å². The molecule has 21 heavy (non-hydrogen) atoms. The zero-order chi connectivity index (χ0) is 15.7. The van der Waals surface area contributed by atoms with Gasteiger partial charge in [0.25, 0.3) is 0 Å². The molecule has 0 heterocycles. The fourth-order valence-electron chi connectivity index (χ4n) is 2.36. The quantitative estimate of drug-likeness (QED) is 0.634. The Morgan fingerprint density at radius 3 is 2.33 bits per heavy atom. The number of aryl methyl sites for hydroxylation is 2. The van der Waals surface area contributed by atoms with Crippen molar-refractivity contribution in [1.82, 2.24) is 0 Å². The highest BCUT2D eigenvalue weighted by molar-refractivity contribution is 9.10. The summed E-state index contributed by atoms with van der Waals surface area (Å²) in [7, 11) is 1.60. The van der Waals surface area contributed by atoms with Crippen molar-refractivity contribution in [3.8, 4) is 5.75 Å². The van der Waals surface area contributed by atoms with Gasteiger partial charge in [-0.3, -0.25) is 4.79 Å². The monoisotopic (exact) mass is 410 g/mol. The third-order valence-electron chi connectivity index (χ3n) is 3.54. The van der Waals surface area contributed by atoms with Crippen LogP contribution in [-0.2, 0) is 0 Å². The van der Waals surface area contributed by atoms with Crippen LogP contribution in [0.5, 0.6) is 5.75 Å². The molecule has 4 heteroatoms. The standard InChI is InChI=1S/C17H16Br2O2/c1-9-5-6-12(18)8-13(9)16(20)15-11(3)14(19)7-10(2)17(15)21-4/h5-8H,1-4H3. The minimum Gasteiger partial charge on any atom is -0.496 e. The average Bonchev–Trinajstić information content (AvgIpc) is 2.44. The van der Waals surface area contributed by atoms with Gasteiger partial charge in [-0.2, -0.15) is 0 Å². The van der Waals surface area contributed by atoms with Crippen LogP contribution in [0.15, 0.2) is 33.2 Å². The number of halogens is 2. The van der Waals surface area contributed by atoms with Crippen LogP contribution >= 0.6 is 31.9 Å². The lowest BCUT2D eigenvalue weighted by molar-refractivity contribution is 0.103. The van der Waals surface area contributed by atoms with E-state index in [0.717, 1.165) is 25.6 Å². The molecule has 2 aromatic carbocycles. The number of hydrogen-bond donors (Lipinski definition) is 0. The number of ether oxygens (including phenoxy) is 1. The SMILES string of the molecule is COc1c(C)cc(Br)c(C)c1C(=O)c1cc(Br)ccc1C. The molecule has 0 fully saturated rings. The topological polar surface area (TPSA) is 26.3 Å². The largest absolute Gasteiger partial charge is 0.496 e. The summed E-state index contributed by atoms with van der Waals surface area (Å²) in [5.41, 5.74) is 4.07. The van der Waals surface area contributed by atoms with Crippen molar-refractivity contribution in [2.24, 2.45) is 0 Å². The number of methoxy groups -OCH3 is 1. The van der Waals surface area contributed by atoms with Crippen molar-refractivity contribution in [2.75, 3.05) is 7.11 Å². The summed E-state index contributed by atoms with van der Waals surface area (Å²) in [4.78, 5) is 13.0. The third-order valence-corrected chi connectivity index (χ3v) is 4.85. The maximum absolute atomic E-state index is 13.0. The highest BCUT2D eigenvalue weighted by atomic mass is 79.9. The van der Waals surface area contributed by atoms with Crippen molar-refractivity contribution in [1.29, 1.82) is 0 Å². The summed E-state index contributed by atoms with van der Waals surface area (Å²) in [6.45, 7) is 5.80. The molecule has 0 aromatic heterocycles. The molecule has 2 aromatic rings. The summed E-state index contributed by atoms with van der Waals surface area (Å²) in [6, 6.07) is 7.69. The van der Waals surface area contributed by atoms with Gasteiger partial charge in [-0.25, -0.2) is 0 Å². The molecule has 0 atom stereocenters. The summed E-state index contributed by atoms with van der Waals surface area (Å²) in [6.07, 6.45) is 0. The molecule has 0 bridgehead atoms. The second kappa shape index (κ2) is 6.32. The fraction of sp³-hybridized carbons (Fsp3) is 0.235. The molecule has 0 unspecified atom stereocenters. The van der Waals surface area contributed by atoms with Crippen LogP contribution in [0, 0.1) is 20.8 Å². The Morgan fingerprint density at radius 2 is 1.71 bits per heavy atom. The molecule has 0 aliphatic carbocycles. The number of carbonyl (C=O) groups excluding carboxylic acids is 1. The zero-order valence-electron chi connectivity index (χ0n) is 12.4. The summed E-state index contributed by atoms with van der Waals surface area (Å²) in [5.74, 6) is 0.618. The lowest BCUT2D eigenvalue weighted by Crippen LogP contribution is -2.09. The summed E-state index contributed by atoms with van der Waals surface area (Å²) >= 11 is 6.94.